The van der Waals surface area contributed by atoms with Crippen LogP contribution in [0.3, 0.4) is 0 Å². The summed E-state index contributed by atoms with van der Waals surface area (Å²) in [5.41, 5.74) is 5.88. The van der Waals surface area contributed by atoms with Crippen LogP contribution in [0, 0.1) is 13.8 Å². The normalized spacial score (nSPS) is 14.5. The van der Waals surface area contributed by atoms with Gasteiger partial charge >= 0.3 is 6.18 Å². The Balaban J connectivity index is 1.66. The van der Waals surface area contributed by atoms with Gasteiger partial charge in [0.15, 0.2) is 5.71 Å². The molecule has 0 saturated carbocycles. The number of alkyl halides is 3. The maximum atomic E-state index is 12.9. The highest BCUT2D eigenvalue weighted by Gasteiger charge is 2.34. The molecule has 8 heteroatoms. The summed E-state index contributed by atoms with van der Waals surface area (Å²) in [5.74, 6) is -0.687. The molecule has 0 unspecified atom stereocenters. The van der Waals surface area contributed by atoms with E-state index < -0.39 is 17.6 Å². The van der Waals surface area contributed by atoms with Crippen molar-refractivity contribution in [3.8, 4) is 16.9 Å². The number of nitrogens with one attached hydrogen (secondary N) is 2. The number of amides is 1. The van der Waals surface area contributed by atoms with Crippen molar-refractivity contribution < 1.29 is 23.1 Å². The van der Waals surface area contributed by atoms with Gasteiger partial charge in [-0.15, -0.1) is 0 Å². The topological polar surface area (TPSA) is 73.7 Å². The van der Waals surface area contributed by atoms with E-state index in [1.165, 1.54) is 6.07 Å². The van der Waals surface area contributed by atoms with Crippen LogP contribution in [0.1, 0.15) is 22.3 Å². The quantitative estimate of drug-likeness (QED) is 0.385. The number of benzene rings is 3. The first-order valence-corrected chi connectivity index (χ1v) is 9.41. The predicted octanol–water partition coefficient (Wildman–Crippen LogP) is 5.46. The summed E-state index contributed by atoms with van der Waals surface area (Å²) >= 11 is 0. The first kappa shape index (κ1) is 20.5. The molecule has 0 bridgehead atoms. The Morgan fingerprint density at radius 2 is 1.74 bits per heavy atom. The Labute approximate surface area is 176 Å². The summed E-state index contributed by atoms with van der Waals surface area (Å²) in [6, 6.07) is 13.8. The fourth-order valence-corrected chi connectivity index (χ4v) is 3.34. The standard InChI is InChI=1S/C23H18F3N3O2/c1-12-6-7-14(10-13(12)2)16-4-3-5-18(21(16)30)28-29-20-17-9-8-15(23(24,25)26)11-19(17)27-22(20)31/h3-11,28,30H,1-2H3,(H,27,29,31). The van der Waals surface area contributed by atoms with Gasteiger partial charge in [0.05, 0.1) is 16.9 Å². The zero-order chi connectivity index (χ0) is 22.3. The molecule has 0 aromatic heterocycles. The van der Waals surface area contributed by atoms with Crippen molar-refractivity contribution in [1.82, 2.24) is 0 Å². The third kappa shape index (κ3) is 3.84. The summed E-state index contributed by atoms with van der Waals surface area (Å²) < 4.78 is 38.7. The highest BCUT2D eigenvalue weighted by atomic mass is 19.4. The van der Waals surface area contributed by atoms with E-state index in [-0.39, 0.29) is 28.4 Å². The minimum absolute atomic E-state index is 0.0356. The minimum Gasteiger partial charge on any atom is -0.505 e. The van der Waals surface area contributed by atoms with Gasteiger partial charge in [-0.1, -0.05) is 30.3 Å². The van der Waals surface area contributed by atoms with Gasteiger partial charge in [-0.05, 0) is 54.8 Å². The fraction of sp³-hybridized carbons (Fsp3) is 0.130. The number of phenols is 1. The Kier molecular flexibility index (Phi) is 4.93. The maximum absolute atomic E-state index is 12.9. The van der Waals surface area contributed by atoms with Crippen molar-refractivity contribution >= 4 is 23.0 Å². The number of nitrogens with zero attached hydrogens (tertiary/aromatic N) is 1. The summed E-state index contributed by atoms with van der Waals surface area (Å²) in [7, 11) is 0. The van der Waals surface area contributed by atoms with Crippen molar-refractivity contribution in [2.75, 3.05) is 10.7 Å². The van der Waals surface area contributed by atoms with E-state index in [4.69, 9.17) is 0 Å². The van der Waals surface area contributed by atoms with E-state index in [0.717, 1.165) is 28.8 Å². The van der Waals surface area contributed by atoms with Crippen LogP contribution < -0.4 is 10.7 Å². The molecular formula is C23H18F3N3O2. The predicted molar refractivity (Wildman–Crippen MR) is 113 cm³/mol. The average Bonchev–Trinajstić information content (AvgIpc) is 3.03. The molecule has 5 nitrogen and oxygen atoms in total. The van der Waals surface area contributed by atoms with Crippen LogP contribution in [0.15, 0.2) is 59.7 Å². The highest BCUT2D eigenvalue weighted by molar-refractivity contribution is 6.53. The van der Waals surface area contributed by atoms with E-state index in [1.54, 1.807) is 18.2 Å². The van der Waals surface area contributed by atoms with Crippen LogP contribution >= 0.6 is 0 Å². The Morgan fingerprint density at radius 1 is 0.968 bits per heavy atom. The molecule has 158 valence electrons. The molecule has 3 aromatic carbocycles. The molecule has 4 rings (SSSR count). The smallest absolute Gasteiger partial charge is 0.416 e. The van der Waals surface area contributed by atoms with E-state index in [1.807, 2.05) is 32.0 Å². The molecule has 0 atom stereocenters. The van der Waals surface area contributed by atoms with E-state index in [0.29, 0.717) is 5.56 Å². The number of halogens is 3. The molecule has 0 fully saturated rings. The van der Waals surface area contributed by atoms with Crippen LogP contribution in [0.25, 0.3) is 11.1 Å². The Morgan fingerprint density at radius 3 is 2.45 bits per heavy atom. The zero-order valence-electron chi connectivity index (χ0n) is 16.6. The molecule has 0 spiro atoms. The van der Waals surface area contributed by atoms with Crippen LogP contribution in [0.4, 0.5) is 24.5 Å². The van der Waals surface area contributed by atoms with E-state index in [9.17, 15) is 23.1 Å². The number of hydrazone groups is 1. The number of aryl methyl sites for hydroxylation is 2. The average molecular weight is 425 g/mol. The van der Waals surface area contributed by atoms with Gasteiger partial charge in [0.25, 0.3) is 5.91 Å². The molecule has 31 heavy (non-hydrogen) atoms. The second-order valence-electron chi connectivity index (χ2n) is 7.29. The second kappa shape index (κ2) is 7.46. The SMILES string of the molecule is Cc1ccc(-c2cccc(NN=C3C(=O)Nc4cc(C(F)(F)F)ccc43)c2O)cc1C. The highest BCUT2D eigenvalue weighted by Crippen LogP contribution is 2.37. The number of anilines is 2. The zero-order valence-corrected chi connectivity index (χ0v) is 16.6. The number of phenolic OH excluding ortho intramolecular Hbond substituents is 1. The Bertz CT molecular complexity index is 1230. The maximum Gasteiger partial charge on any atom is 0.416 e. The van der Waals surface area contributed by atoms with Gasteiger partial charge in [0.1, 0.15) is 5.75 Å². The molecule has 1 heterocycles. The van der Waals surface area contributed by atoms with Gasteiger partial charge in [-0.2, -0.15) is 18.3 Å². The molecule has 0 radical (unpaired) electrons. The summed E-state index contributed by atoms with van der Waals surface area (Å²) in [4.78, 5) is 12.2. The third-order valence-corrected chi connectivity index (χ3v) is 5.21. The second-order valence-corrected chi connectivity index (χ2v) is 7.29. The van der Waals surface area contributed by atoms with Crippen LogP contribution in [-0.2, 0) is 11.0 Å². The molecular weight excluding hydrogens is 407 g/mol. The lowest BCUT2D eigenvalue weighted by Crippen LogP contribution is -2.15. The monoisotopic (exact) mass is 425 g/mol. The third-order valence-electron chi connectivity index (χ3n) is 5.21. The minimum atomic E-state index is -4.52. The van der Waals surface area contributed by atoms with Gasteiger partial charge in [-0.25, -0.2) is 0 Å². The lowest BCUT2D eigenvalue weighted by atomic mass is 9.99. The number of hydrogen-bond donors (Lipinski definition) is 3. The molecule has 1 aliphatic rings. The van der Waals surface area contributed by atoms with Crippen LogP contribution in [0.5, 0.6) is 5.75 Å². The molecule has 0 saturated heterocycles. The number of aromatic hydroxyl groups is 1. The van der Waals surface area contributed by atoms with Gasteiger partial charge in [-0.3, -0.25) is 10.2 Å². The molecule has 0 aliphatic carbocycles. The summed E-state index contributed by atoms with van der Waals surface area (Å²) in [6.45, 7) is 3.97. The molecule has 3 aromatic rings. The number of para-hydroxylation sites is 1. The van der Waals surface area contributed by atoms with Crippen LogP contribution in [-0.4, -0.2) is 16.7 Å². The van der Waals surface area contributed by atoms with Crippen molar-refractivity contribution in [3.63, 3.8) is 0 Å². The van der Waals surface area contributed by atoms with Crippen molar-refractivity contribution in [2.45, 2.75) is 20.0 Å². The summed E-state index contributed by atoms with van der Waals surface area (Å²) in [6.07, 6.45) is -4.52. The summed E-state index contributed by atoms with van der Waals surface area (Å²) in [5, 5.41) is 17.1. The molecule has 1 aliphatic heterocycles. The number of fused-ring (bicyclic) bond motifs is 1. The lowest BCUT2D eigenvalue weighted by Gasteiger charge is -2.11. The molecule has 1 amide bonds. The molecule has 3 N–H and O–H groups in total. The largest absolute Gasteiger partial charge is 0.505 e. The van der Waals surface area contributed by atoms with Crippen LogP contribution in [0.2, 0.25) is 0 Å². The lowest BCUT2D eigenvalue weighted by molar-refractivity contribution is -0.137. The number of carbonyl (C=O) groups is 1. The van der Waals surface area contributed by atoms with Crippen molar-refractivity contribution in [2.24, 2.45) is 5.10 Å². The first-order chi connectivity index (χ1) is 14.6. The number of carbonyl (C=O) groups excluding carboxylic acids is 1. The van der Waals surface area contributed by atoms with Gasteiger partial charge in [0, 0.05) is 11.1 Å². The van der Waals surface area contributed by atoms with Gasteiger partial charge in [0.2, 0.25) is 0 Å². The fourth-order valence-electron chi connectivity index (χ4n) is 3.34. The van der Waals surface area contributed by atoms with Gasteiger partial charge < -0.3 is 10.4 Å². The van der Waals surface area contributed by atoms with E-state index >= 15 is 0 Å². The van der Waals surface area contributed by atoms with Crippen molar-refractivity contribution in [3.05, 3.63) is 76.9 Å². The Hall–Kier alpha value is -3.81. The first-order valence-electron chi connectivity index (χ1n) is 9.41. The van der Waals surface area contributed by atoms with Crippen molar-refractivity contribution in [1.29, 1.82) is 0 Å². The number of hydrogen-bond acceptors (Lipinski definition) is 4. The van der Waals surface area contributed by atoms with E-state index in [2.05, 4.69) is 15.8 Å². The number of rotatable bonds is 3.